The maximum absolute atomic E-state index is 13.9. The molecule has 0 spiro atoms. The topological polar surface area (TPSA) is 116 Å². The van der Waals surface area contributed by atoms with Crippen molar-refractivity contribution in [3.63, 3.8) is 0 Å². The predicted molar refractivity (Wildman–Crippen MR) is 122 cm³/mol. The van der Waals surface area contributed by atoms with Crippen LogP contribution in [0.2, 0.25) is 0 Å². The summed E-state index contributed by atoms with van der Waals surface area (Å²) in [5, 5.41) is 18.0. The number of fused-ring (bicyclic) bond motifs is 2. The second-order valence-electron chi connectivity index (χ2n) is 7.72. The third-order valence-electron chi connectivity index (χ3n) is 5.55. The Morgan fingerprint density at radius 1 is 0.970 bits per heavy atom. The van der Waals surface area contributed by atoms with Gasteiger partial charge in [-0.2, -0.15) is 5.10 Å². The highest BCUT2D eigenvalue weighted by Crippen LogP contribution is 2.33. The van der Waals surface area contributed by atoms with Gasteiger partial charge in [0.05, 0.1) is 16.6 Å². The second-order valence-corrected chi connectivity index (χ2v) is 7.72. The molecule has 0 aliphatic rings. The van der Waals surface area contributed by atoms with Crippen LogP contribution in [0.15, 0.2) is 61.2 Å². The molecule has 0 atom stereocenters. The maximum Gasteiger partial charge on any atom is 0.181 e. The summed E-state index contributed by atoms with van der Waals surface area (Å²) < 4.78 is 13.9. The molecule has 0 aliphatic carbocycles. The summed E-state index contributed by atoms with van der Waals surface area (Å²) in [7, 11) is 0. The summed E-state index contributed by atoms with van der Waals surface area (Å²) in [6, 6.07) is 9.56. The Labute approximate surface area is 186 Å². The number of rotatable bonds is 3. The first kappa shape index (κ1) is 19.1. The van der Waals surface area contributed by atoms with E-state index < -0.39 is 5.82 Å². The Bertz CT molecular complexity index is 1650. The van der Waals surface area contributed by atoms with Crippen molar-refractivity contribution in [1.29, 1.82) is 0 Å². The zero-order valence-electron chi connectivity index (χ0n) is 17.3. The third-order valence-corrected chi connectivity index (χ3v) is 5.55. The molecule has 0 radical (unpaired) electrons. The van der Waals surface area contributed by atoms with E-state index in [0.29, 0.717) is 39.5 Å². The van der Waals surface area contributed by atoms with E-state index in [4.69, 9.17) is 4.98 Å². The standard InChI is InChI=1S/C24H16FN7O/c1-12-2-4-26-11-18(12)14-8-17-21(31-32-23(17)28-10-14)24-29-19-3-5-27-20(22(19)30-24)13-6-15(25)9-16(33)7-13/h2-11,33H,1H3,(H,29,30)(H,28,31,32). The van der Waals surface area contributed by atoms with E-state index in [1.807, 2.05) is 25.3 Å². The smallest absolute Gasteiger partial charge is 0.181 e. The normalized spacial score (nSPS) is 11.5. The van der Waals surface area contributed by atoms with Gasteiger partial charge >= 0.3 is 0 Å². The van der Waals surface area contributed by atoms with Gasteiger partial charge in [-0.15, -0.1) is 0 Å². The highest BCUT2D eigenvalue weighted by atomic mass is 19.1. The van der Waals surface area contributed by atoms with Crippen molar-refractivity contribution in [2.75, 3.05) is 0 Å². The van der Waals surface area contributed by atoms with Crippen LogP contribution in [0.5, 0.6) is 5.75 Å². The molecule has 6 rings (SSSR count). The number of aryl methyl sites for hydroxylation is 1. The summed E-state index contributed by atoms with van der Waals surface area (Å²) in [5.74, 6) is -0.184. The third kappa shape index (κ3) is 3.18. The molecule has 33 heavy (non-hydrogen) atoms. The van der Waals surface area contributed by atoms with Crippen molar-refractivity contribution < 1.29 is 9.50 Å². The average molecular weight is 437 g/mol. The predicted octanol–water partition coefficient (Wildman–Crippen LogP) is 4.78. The van der Waals surface area contributed by atoms with Crippen molar-refractivity contribution in [1.82, 2.24) is 35.1 Å². The summed E-state index contributed by atoms with van der Waals surface area (Å²) in [6.45, 7) is 2.02. The van der Waals surface area contributed by atoms with E-state index in [1.54, 1.807) is 24.7 Å². The molecule has 0 amide bonds. The number of imidazole rings is 1. The monoisotopic (exact) mass is 437 g/mol. The van der Waals surface area contributed by atoms with E-state index in [2.05, 4.69) is 30.1 Å². The molecule has 0 bridgehead atoms. The summed E-state index contributed by atoms with van der Waals surface area (Å²) in [4.78, 5) is 21.1. The van der Waals surface area contributed by atoms with Crippen LogP contribution < -0.4 is 0 Å². The number of aromatic nitrogens is 7. The second kappa shape index (κ2) is 7.20. The number of aromatic amines is 2. The molecule has 6 aromatic rings. The number of hydrogen-bond donors (Lipinski definition) is 3. The molecular weight excluding hydrogens is 421 g/mol. The molecule has 1 aromatic carbocycles. The summed E-state index contributed by atoms with van der Waals surface area (Å²) in [6.07, 6.45) is 6.95. The van der Waals surface area contributed by atoms with Crippen molar-refractivity contribution in [2.45, 2.75) is 6.92 Å². The van der Waals surface area contributed by atoms with Gasteiger partial charge in [-0.1, -0.05) is 0 Å². The first-order valence-corrected chi connectivity index (χ1v) is 10.2. The molecular formula is C24H16FN7O. The lowest BCUT2D eigenvalue weighted by Crippen LogP contribution is -1.88. The van der Waals surface area contributed by atoms with E-state index in [9.17, 15) is 9.50 Å². The molecule has 0 saturated heterocycles. The Morgan fingerprint density at radius 3 is 2.73 bits per heavy atom. The van der Waals surface area contributed by atoms with Crippen molar-refractivity contribution in [3.8, 4) is 39.7 Å². The lowest BCUT2D eigenvalue weighted by Gasteiger charge is -2.04. The van der Waals surface area contributed by atoms with Crippen LogP contribution in [0.3, 0.4) is 0 Å². The van der Waals surface area contributed by atoms with Crippen LogP contribution in [0, 0.1) is 12.7 Å². The molecule has 3 N–H and O–H groups in total. The van der Waals surface area contributed by atoms with Gasteiger partial charge in [0.1, 0.15) is 22.8 Å². The van der Waals surface area contributed by atoms with Gasteiger partial charge in [0.15, 0.2) is 11.5 Å². The first-order chi connectivity index (χ1) is 16.1. The fourth-order valence-electron chi connectivity index (χ4n) is 3.97. The van der Waals surface area contributed by atoms with Crippen molar-refractivity contribution >= 4 is 22.1 Å². The van der Waals surface area contributed by atoms with Gasteiger partial charge < -0.3 is 10.1 Å². The van der Waals surface area contributed by atoms with Gasteiger partial charge in [-0.3, -0.25) is 15.1 Å². The SMILES string of the molecule is Cc1ccncc1-c1cnc2n[nH]c(-c3nc4c(-c5cc(O)cc(F)c5)nccc4[nH]3)c2c1. The average Bonchev–Trinajstić information content (AvgIpc) is 3.42. The van der Waals surface area contributed by atoms with Gasteiger partial charge in [-0.25, -0.2) is 14.4 Å². The van der Waals surface area contributed by atoms with Crippen LogP contribution in [0.1, 0.15) is 5.56 Å². The molecule has 5 aromatic heterocycles. The largest absolute Gasteiger partial charge is 0.508 e. The van der Waals surface area contributed by atoms with Gasteiger partial charge in [0.2, 0.25) is 0 Å². The fourth-order valence-corrected chi connectivity index (χ4v) is 3.97. The highest BCUT2D eigenvalue weighted by molar-refractivity contribution is 5.96. The molecule has 0 saturated carbocycles. The number of halogens is 1. The van der Waals surface area contributed by atoms with Crippen LogP contribution in [0.25, 0.3) is 56.0 Å². The number of phenols is 1. The van der Waals surface area contributed by atoms with Gasteiger partial charge in [-0.05, 0) is 42.8 Å². The Balaban J connectivity index is 1.52. The summed E-state index contributed by atoms with van der Waals surface area (Å²) >= 11 is 0. The molecule has 0 aliphatic heterocycles. The molecule has 8 nitrogen and oxygen atoms in total. The van der Waals surface area contributed by atoms with Crippen molar-refractivity contribution in [2.24, 2.45) is 0 Å². The number of H-pyrrole nitrogens is 2. The Kier molecular flexibility index (Phi) is 4.16. The molecule has 5 heterocycles. The maximum atomic E-state index is 13.9. The molecule has 0 unspecified atom stereocenters. The van der Waals surface area contributed by atoms with Gasteiger partial charge in [0, 0.05) is 47.5 Å². The lowest BCUT2D eigenvalue weighted by atomic mass is 10.0. The fraction of sp³-hybridized carbons (Fsp3) is 0.0417. The van der Waals surface area contributed by atoms with E-state index in [-0.39, 0.29) is 5.75 Å². The summed E-state index contributed by atoms with van der Waals surface area (Å²) in [5.41, 5.74) is 6.38. The van der Waals surface area contributed by atoms with Crippen LogP contribution in [0.4, 0.5) is 4.39 Å². The first-order valence-electron chi connectivity index (χ1n) is 10.2. The Hall–Kier alpha value is -4.66. The lowest BCUT2D eigenvalue weighted by molar-refractivity contribution is 0.469. The quantitative estimate of drug-likeness (QED) is 0.367. The van der Waals surface area contributed by atoms with Gasteiger partial charge in [0.25, 0.3) is 0 Å². The number of nitrogens with zero attached hydrogens (tertiary/aromatic N) is 5. The minimum Gasteiger partial charge on any atom is -0.508 e. The number of hydrogen-bond acceptors (Lipinski definition) is 6. The number of nitrogens with one attached hydrogen (secondary N) is 2. The van der Waals surface area contributed by atoms with E-state index >= 15 is 0 Å². The molecule has 160 valence electrons. The number of pyridine rings is 3. The molecule has 0 fully saturated rings. The minimum atomic E-state index is -0.552. The zero-order chi connectivity index (χ0) is 22.5. The minimum absolute atomic E-state index is 0.177. The number of benzene rings is 1. The number of phenolic OH excluding ortho intramolecular Hbond substituents is 1. The van der Waals surface area contributed by atoms with Crippen LogP contribution in [-0.2, 0) is 0 Å². The highest BCUT2D eigenvalue weighted by Gasteiger charge is 2.17. The van der Waals surface area contributed by atoms with Crippen LogP contribution in [-0.4, -0.2) is 40.2 Å². The molecule has 9 heteroatoms. The van der Waals surface area contributed by atoms with E-state index in [1.165, 1.54) is 12.1 Å². The zero-order valence-corrected chi connectivity index (χ0v) is 17.3. The van der Waals surface area contributed by atoms with Crippen LogP contribution >= 0.6 is 0 Å². The van der Waals surface area contributed by atoms with E-state index in [0.717, 1.165) is 28.1 Å². The number of aromatic hydroxyl groups is 1. The van der Waals surface area contributed by atoms with Crippen molar-refractivity contribution in [3.05, 3.63) is 72.6 Å². The Morgan fingerprint density at radius 2 is 1.88 bits per heavy atom.